The van der Waals surface area contributed by atoms with Gasteiger partial charge in [0.25, 0.3) is 0 Å². The van der Waals surface area contributed by atoms with Gasteiger partial charge in [0.05, 0.1) is 0 Å². The summed E-state index contributed by atoms with van der Waals surface area (Å²) in [6.45, 7) is 7.07. The van der Waals surface area contributed by atoms with Gasteiger partial charge in [-0.05, 0) is 73.3 Å². The van der Waals surface area contributed by atoms with Crippen LogP contribution in [0.5, 0.6) is 0 Å². The molecule has 0 spiro atoms. The van der Waals surface area contributed by atoms with Crippen molar-refractivity contribution < 1.29 is 4.39 Å². The molecule has 21 heavy (non-hydrogen) atoms. The largest absolute Gasteiger partial charge is 0.310 e. The van der Waals surface area contributed by atoms with E-state index in [-0.39, 0.29) is 11.9 Å². The minimum absolute atomic E-state index is 0.172. The van der Waals surface area contributed by atoms with E-state index < -0.39 is 0 Å². The van der Waals surface area contributed by atoms with Crippen molar-refractivity contribution in [2.75, 3.05) is 6.54 Å². The van der Waals surface area contributed by atoms with Gasteiger partial charge in [-0.3, -0.25) is 0 Å². The number of nitrogens with one attached hydrogen (secondary N) is 1. The molecule has 1 nitrogen and oxygen atoms in total. The Morgan fingerprint density at radius 2 is 1.90 bits per heavy atom. The number of hydrogen-bond donors (Lipinski definition) is 1. The Hall–Kier alpha value is -1.19. The molecule has 0 saturated carbocycles. The summed E-state index contributed by atoms with van der Waals surface area (Å²) in [6.07, 6.45) is 0.857. The highest BCUT2D eigenvalue weighted by Gasteiger charge is 2.14. The molecule has 1 atom stereocenters. The fraction of sp³-hybridized carbons (Fsp3) is 0.333. The fourth-order valence-corrected chi connectivity index (χ4v) is 3.25. The Bertz CT molecular complexity index is 604. The highest BCUT2D eigenvalue weighted by atomic mass is 79.9. The minimum Gasteiger partial charge on any atom is -0.310 e. The zero-order valence-electron chi connectivity index (χ0n) is 12.7. The van der Waals surface area contributed by atoms with E-state index in [1.807, 2.05) is 13.0 Å². The Balaban J connectivity index is 2.30. The second-order valence-electron chi connectivity index (χ2n) is 5.45. The van der Waals surface area contributed by atoms with Crippen LogP contribution in [-0.2, 0) is 6.42 Å². The molecule has 1 unspecified atom stereocenters. The van der Waals surface area contributed by atoms with Gasteiger partial charge < -0.3 is 5.32 Å². The van der Waals surface area contributed by atoms with Gasteiger partial charge in [0.1, 0.15) is 5.82 Å². The first-order valence-electron chi connectivity index (χ1n) is 7.25. The molecule has 0 bridgehead atoms. The van der Waals surface area contributed by atoms with E-state index in [1.54, 1.807) is 6.07 Å². The van der Waals surface area contributed by atoms with E-state index in [2.05, 4.69) is 53.3 Å². The summed E-state index contributed by atoms with van der Waals surface area (Å²) < 4.78 is 14.3. The summed E-state index contributed by atoms with van der Waals surface area (Å²) in [4.78, 5) is 0. The Labute approximate surface area is 134 Å². The lowest BCUT2D eigenvalue weighted by molar-refractivity contribution is 0.547. The monoisotopic (exact) mass is 349 g/mol. The van der Waals surface area contributed by atoms with Gasteiger partial charge >= 0.3 is 0 Å². The lowest BCUT2D eigenvalue weighted by Gasteiger charge is -2.20. The van der Waals surface area contributed by atoms with Gasteiger partial charge in [0.2, 0.25) is 0 Å². The van der Waals surface area contributed by atoms with E-state index in [0.29, 0.717) is 0 Å². The molecule has 0 aromatic heterocycles. The van der Waals surface area contributed by atoms with Gasteiger partial charge in [-0.1, -0.05) is 35.0 Å². The third kappa shape index (κ3) is 4.39. The maximum absolute atomic E-state index is 13.2. The lowest BCUT2D eigenvalue weighted by atomic mass is 9.95. The number of likely N-dealkylation sites (N-methyl/N-ethyl adjacent to an activating group) is 1. The van der Waals surface area contributed by atoms with Crippen LogP contribution in [0, 0.1) is 19.7 Å². The van der Waals surface area contributed by atoms with Crippen molar-refractivity contribution in [2.24, 2.45) is 0 Å². The normalized spacial score (nSPS) is 12.4. The SMILES string of the molecule is CCNC(Cc1ccc(F)cc1C)c1cc(C)cc(Br)c1. The Morgan fingerprint density at radius 3 is 2.52 bits per heavy atom. The van der Waals surface area contributed by atoms with Crippen molar-refractivity contribution in [3.05, 3.63) is 68.9 Å². The first-order chi connectivity index (χ1) is 9.99. The van der Waals surface area contributed by atoms with Crippen LogP contribution in [0.25, 0.3) is 0 Å². The number of hydrogen-bond acceptors (Lipinski definition) is 1. The summed E-state index contributed by atoms with van der Waals surface area (Å²) in [7, 11) is 0. The maximum Gasteiger partial charge on any atom is 0.123 e. The maximum atomic E-state index is 13.2. The fourth-order valence-electron chi connectivity index (χ4n) is 2.63. The van der Waals surface area contributed by atoms with Crippen LogP contribution in [0.15, 0.2) is 40.9 Å². The first-order valence-corrected chi connectivity index (χ1v) is 8.04. The summed E-state index contributed by atoms with van der Waals surface area (Å²) in [5.41, 5.74) is 4.68. The molecule has 0 aliphatic carbocycles. The standard InChI is InChI=1S/C18H21BrFN/c1-4-21-18(15-7-12(2)8-16(19)10-15)11-14-5-6-17(20)9-13(14)3/h5-10,18,21H,4,11H2,1-3H3. The van der Waals surface area contributed by atoms with Crippen LogP contribution < -0.4 is 5.32 Å². The number of halogens is 2. The molecule has 2 aromatic rings. The number of aryl methyl sites for hydroxylation is 2. The highest BCUT2D eigenvalue weighted by Crippen LogP contribution is 2.25. The topological polar surface area (TPSA) is 12.0 Å². The molecule has 2 aromatic carbocycles. The van der Waals surface area contributed by atoms with E-state index >= 15 is 0 Å². The average Bonchev–Trinajstić information content (AvgIpc) is 2.40. The van der Waals surface area contributed by atoms with E-state index in [4.69, 9.17) is 0 Å². The van der Waals surface area contributed by atoms with Gasteiger partial charge in [-0.15, -0.1) is 0 Å². The average molecular weight is 350 g/mol. The van der Waals surface area contributed by atoms with Gasteiger partial charge in [0, 0.05) is 10.5 Å². The van der Waals surface area contributed by atoms with E-state index in [0.717, 1.165) is 23.0 Å². The van der Waals surface area contributed by atoms with Crippen molar-refractivity contribution in [1.82, 2.24) is 5.32 Å². The second kappa shape index (κ2) is 7.19. The predicted molar refractivity (Wildman–Crippen MR) is 90.1 cm³/mol. The smallest absolute Gasteiger partial charge is 0.123 e. The number of benzene rings is 2. The number of rotatable bonds is 5. The quantitative estimate of drug-likeness (QED) is 0.791. The summed E-state index contributed by atoms with van der Waals surface area (Å²) >= 11 is 3.56. The second-order valence-corrected chi connectivity index (χ2v) is 6.36. The molecule has 0 saturated heterocycles. The Kier molecular flexibility index (Phi) is 5.54. The molecule has 0 radical (unpaired) electrons. The third-order valence-corrected chi connectivity index (χ3v) is 4.10. The van der Waals surface area contributed by atoms with Crippen LogP contribution in [0.3, 0.4) is 0 Å². The molecule has 0 aliphatic rings. The molecule has 0 heterocycles. The molecular formula is C18H21BrFN. The molecule has 1 N–H and O–H groups in total. The van der Waals surface area contributed by atoms with Crippen LogP contribution in [0.2, 0.25) is 0 Å². The van der Waals surface area contributed by atoms with Crippen LogP contribution in [0.1, 0.15) is 35.2 Å². The molecule has 3 heteroatoms. The molecule has 0 aliphatic heterocycles. The zero-order valence-corrected chi connectivity index (χ0v) is 14.3. The Morgan fingerprint density at radius 1 is 1.14 bits per heavy atom. The van der Waals surface area contributed by atoms with Crippen molar-refractivity contribution in [2.45, 2.75) is 33.2 Å². The van der Waals surface area contributed by atoms with Crippen molar-refractivity contribution in [1.29, 1.82) is 0 Å². The van der Waals surface area contributed by atoms with E-state index in [9.17, 15) is 4.39 Å². The zero-order chi connectivity index (χ0) is 15.4. The first kappa shape index (κ1) is 16.2. The molecule has 2 rings (SSSR count). The molecule has 0 amide bonds. The predicted octanol–water partition coefficient (Wildman–Crippen LogP) is 5.10. The van der Waals surface area contributed by atoms with Gasteiger partial charge in [-0.25, -0.2) is 4.39 Å². The summed E-state index contributed by atoms with van der Waals surface area (Å²) in [5, 5.41) is 3.53. The van der Waals surface area contributed by atoms with Crippen LogP contribution in [-0.4, -0.2) is 6.54 Å². The van der Waals surface area contributed by atoms with Gasteiger partial charge in [-0.2, -0.15) is 0 Å². The van der Waals surface area contributed by atoms with Crippen molar-refractivity contribution in [3.8, 4) is 0 Å². The summed E-state index contributed by atoms with van der Waals surface area (Å²) in [6, 6.07) is 11.7. The van der Waals surface area contributed by atoms with Crippen LogP contribution >= 0.6 is 15.9 Å². The minimum atomic E-state index is -0.172. The van der Waals surface area contributed by atoms with Crippen molar-refractivity contribution in [3.63, 3.8) is 0 Å². The van der Waals surface area contributed by atoms with E-state index in [1.165, 1.54) is 22.8 Å². The molecule has 0 fully saturated rings. The summed E-state index contributed by atoms with van der Waals surface area (Å²) in [5.74, 6) is -0.172. The molecule has 112 valence electrons. The van der Waals surface area contributed by atoms with Gasteiger partial charge in [0.15, 0.2) is 0 Å². The third-order valence-electron chi connectivity index (χ3n) is 3.65. The van der Waals surface area contributed by atoms with Crippen LogP contribution in [0.4, 0.5) is 4.39 Å². The highest BCUT2D eigenvalue weighted by molar-refractivity contribution is 9.10. The lowest BCUT2D eigenvalue weighted by Crippen LogP contribution is -2.23. The molecular weight excluding hydrogens is 329 g/mol. The van der Waals surface area contributed by atoms with Crippen molar-refractivity contribution >= 4 is 15.9 Å².